The molecule has 0 spiro atoms. The zero-order valence-corrected chi connectivity index (χ0v) is 7.72. The summed E-state index contributed by atoms with van der Waals surface area (Å²) in [5, 5.41) is 16.9. The lowest BCUT2D eigenvalue weighted by atomic mass is 10.1. The van der Waals surface area contributed by atoms with Gasteiger partial charge in [-0.15, -0.1) is 0 Å². The molecule has 0 saturated carbocycles. The third kappa shape index (κ3) is 6.13. The van der Waals surface area contributed by atoms with E-state index in [0.717, 1.165) is 0 Å². The van der Waals surface area contributed by atoms with Crippen LogP contribution in [0.4, 0.5) is 0 Å². The second-order valence-electron chi connectivity index (χ2n) is 2.75. The molecule has 0 aromatic carbocycles. The first-order chi connectivity index (χ1) is 6.57. The highest BCUT2D eigenvalue weighted by molar-refractivity contribution is 6.22. The van der Waals surface area contributed by atoms with E-state index in [4.69, 9.17) is 15.9 Å². The van der Waals surface area contributed by atoms with E-state index >= 15 is 0 Å². The second kappa shape index (κ2) is 7.02. The summed E-state index contributed by atoms with van der Waals surface area (Å²) in [6.07, 6.45) is 2.27. The summed E-state index contributed by atoms with van der Waals surface area (Å²) in [6.45, 7) is 0.495. The molecule has 6 heteroatoms. The maximum atomic E-state index is 10.6. The number of aliphatic imine (C=N–C) groups is 1. The molecule has 0 aliphatic carbocycles. The Balaban J connectivity index is 4.03. The van der Waals surface area contributed by atoms with Gasteiger partial charge in [0.2, 0.25) is 0 Å². The van der Waals surface area contributed by atoms with Gasteiger partial charge in [0, 0.05) is 0 Å². The first-order valence-corrected chi connectivity index (χ1v) is 4.27. The highest BCUT2D eigenvalue weighted by atomic mass is 16.4. The smallest absolute Gasteiger partial charge is 0.346 e. The molecule has 0 bridgehead atoms. The molecule has 0 rings (SSSR count). The van der Waals surface area contributed by atoms with Gasteiger partial charge < -0.3 is 15.9 Å². The average Bonchev–Trinajstić information content (AvgIpc) is 2.10. The largest absolute Gasteiger partial charge is 0.480 e. The van der Waals surface area contributed by atoms with E-state index in [1.54, 1.807) is 0 Å². The Bertz CT molecular complexity index is 227. The normalized spacial score (nSPS) is 12.9. The molecule has 1 unspecified atom stereocenters. The molecule has 0 fully saturated rings. The first kappa shape index (κ1) is 12.6. The molecular formula is C8H14N2O4. The van der Waals surface area contributed by atoms with Crippen LogP contribution in [-0.4, -0.2) is 41.0 Å². The predicted molar refractivity (Wildman–Crippen MR) is 50.5 cm³/mol. The number of unbranched alkanes of at least 4 members (excludes halogenated alkanes) is 1. The number of hydrogen-bond acceptors (Lipinski definition) is 4. The molecule has 0 aliphatic heterocycles. The fourth-order valence-electron chi connectivity index (χ4n) is 0.898. The summed E-state index contributed by atoms with van der Waals surface area (Å²) in [5.74, 6) is -2.35. The number of carboxylic acid groups (broad SMARTS) is 2. The van der Waals surface area contributed by atoms with Crippen molar-refractivity contribution in [1.82, 2.24) is 0 Å². The van der Waals surface area contributed by atoms with Gasteiger partial charge in [-0.1, -0.05) is 0 Å². The fraction of sp³-hybridized carbons (Fsp3) is 0.625. The van der Waals surface area contributed by atoms with Crippen molar-refractivity contribution in [2.45, 2.75) is 25.3 Å². The number of nitrogens with zero attached hydrogens (tertiary/aromatic N) is 1. The van der Waals surface area contributed by atoms with Crippen LogP contribution in [0.2, 0.25) is 0 Å². The number of carboxylic acids is 2. The Hall–Kier alpha value is -1.43. The summed E-state index contributed by atoms with van der Waals surface area (Å²) in [7, 11) is 0. The zero-order chi connectivity index (χ0) is 11.0. The SMILES string of the molecule is NCCCCC(N=CC(=O)O)C(=O)O. The second-order valence-corrected chi connectivity index (χ2v) is 2.75. The van der Waals surface area contributed by atoms with Crippen molar-refractivity contribution >= 4 is 18.2 Å². The monoisotopic (exact) mass is 202 g/mol. The molecule has 4 N–H and O–H groups in total. The minimum Gasteiger partial charge on any atom is -0.480 e. The highest BCUT2D eigenvalue weighted by Gasteiger charge is 2.14. The number of carbonyl (C=O) groups is 2. The Labute approximate surface area is 81.4 Å². The lowest BCUT2D eigenvalue weighted by molar-refractivity contribution is -0.138. The van der Waals surface area contributed by atoms with Gasteiger partial charge in [-0.25, -0.2) is 9.59 Å². The Morgan fingerprint density at radius 3 is 2.43 bits per heavy atom. The Morgan fingerprint density at radius 2 is 2.00 bits per heavy atom. The number of hydrogen-bond donors (Lipinski definition) is 3. The van der Waals surface area contributed by atoms with Gasteiger partial charge >= 0.3 is 11.9 Å². The summed E-state index contributed by atoms with van der Waals surface area (Å²) in [6, 6.07) is -0.974. The Kier molecular flexibility index (Phi) is 6.30. The van der Waals surface area contributed by atoms with Crippen molar-refractivity contribution in [2.24, 2.45) is 10.7 Å². The van der Waals surface area contributed by atoms with Crippen LogP contribution in [-0.2, 0) is 9.59 Å². The number of aliphatic carboxylic acids is 2. The molecule has 0 saturated heterocycles. The maximum absolute atomic E-state index is 10.6. The van der Waals surface area contributed by atoms with Gasteiger partial charge in [-0.05, 0) is 25.8 Å². The van der Waals surface area contributed by atoms with E-state index in [1.165, 1.54) is 0 Å². The number of rotatable bonds is 7. The summed E-state index contributed by atoms with van der Waals surface area (Å²) in [4.78, 5) is 24.1. The maximum Gasteiger partial charge on any atom is 0.346 e. The molecule has 80 valence electrons. The van der Waals surface area contributed by atoms with E-state index in [-0.39, 0.29) is 0 Å². The molecule has 0 aromatic heterocycles. The van der Waals surface area contributed by atoms with Gasteiger partial charge in [-0.2, -0.15) is 0 Å². The molecule has 0 amide bonds. The molecule has 0 heterocycles. The van der Waals surface area contributed by atoms with Crippen LogP contribution in [0.3, 0.4) is 0 Å². The molecule has 1 atom stereocenters. The van der Waals surface area contributed by atoms with Crippen molar-refractivity contribution in [3.05, 3.63) is 0 Å². The van der Waals surface area contributed by atoms with Crippen LogP contribution in [0.25, 0.3) is 0 Å². The van der Waals surface area contributed by atoms with Gasteiger partial charge in [-0.3, -0.25) is 4.99 Å². The summed E-state index contributed by atoms with van der Waals surface area (Å²) < 4.78 is 0. The molecule has 6 nitrogen and oxygen atoms in total. The van der Waals surface area contributed by atoms with Crippen LogP contribution < -0.4 is 5.73 Å². The van der Waals surface area contributed by atoms with E-state index in [9.17, 15) is 9.59 Å². The molecule has 0 aromatic rings. The van der Waals surface area contributed by atoms with Crippen LogP contribution >= 0.6 is 0 Å². The minimum absolute atomic E-state index is 0.316. The summed E-state index contributed by atoms with van der Waals surface area (Å²) in [5.41, 5.74) is 5.23. The minimum atomic E-state index is -1.24. The van der Waals surface area contributed by atoms with Crippen LogP contribution in [0.5, 0.6) is 0 Å². The van der Waals surface area contributed by atoms with E-state index < -0.39 is 18.0 Å². The standard InChI is InChI=1S/C8H14N2O4/c9-4-2-1-3-6(8(13)14)10-5-7(11)12/h5-6H,1-4,9H2,(H,11,12)(H,13,14). The highest BCUT2D eigenvalue weighted by Crippen LogP contribution is 2.04. The third-order valence-corrected chi connectivity index (χ3v) is 1.58. The van der Waals surface area contributed by atoms with E-state index in [1.807, 2.05) is 0 Å². The molecule has 0 aliphatic rings. The van der Waals surface area contributed by atoms with Crippen LogP contribution in [0, 0.1) is 0 Å². The molecular weight excluding hydrogens is 188 g/mol. The third-order valence-electron chi connectivity index (χ3n) is 1.58. The molecule has 0 radical (unpaired) electrons. The molecule has 14 heavy (non-hydrogen) atoms. The van der Waals surface area contributed by atoms with Gasteiger partial charge in [0.05, 0.1) is 0 Å². The van der Waals surface area contributed by atoms with Gasteiger partial charge in [0.15, 0.2) is 0 Å². The van der Waals surface area contributed by atoms with E-state index in [0.29, 0.717) is 32.0 Å². The predicted octanol–water partition coefficient (Wildman–Crippen LogP) is -0.276. The first-order valence-electron chi connectivity index (χ1n) is 4.27. The summed E-state index contributed by atoms with van der Waals surface area (Å²) >= 11 is 0. The van der Waals surface area contributed by atoms with Crippen LogP contribution in [0.1, 0.15) is 19.3 Å². The van der Waals surface area contributed by atoms with Crippen molar-refractivity contribution < 1.29 is 19.8 Å². The van der Waals surface area contributed by atoms with Crippen molar-refractivity contribution in [3.8, 4) is 0 Å². The van der Waals surface area contributed by atoms with Crippen molar-refractivity contribution in [2.75, 3.05) is 6.54 Å². The van der Waals surface area contributed by atoms with Crippen molar-refractivity contribution in [1.29, 1.82) is 0 Å². The zero-order valence-electron chi connectivity index (χ0n) is 7.72. The number of nitrogens with two attached hydrogens (primary N) is 1. The average molecular weight is 202 g/mol. The van der Waals surface area contributed by atoms with Gasteiger partial charge in [0.1, 0.15) is 12.3 Å². The van der Waals surface area contributed by atoms with Crippen molar-refractivity contribution in [3.63, 3.8) is 0 Å². The van der Waals surface area contributed by atoms with Gasteiger partial charge in [0.25, 0.3) is 0 Å². The topological polar surface area (TPSA) is 113 Å². The Morgan fingerprint density at radius 1 is 1.36 bits per heavy atom. The lowest BCUT2D eigenvalue weighted by Gasteiger charge is -2.05. The lowest BCUT2D eigenvalue weighted by Crippen LogP contribution is -2.19. The fourth-order valence-corrected chi connectivity index (χ4v) is 0.898. The van der Waals surface area contributed by atoms with Crippen LogP contribution in [0.15, 0.2) is 4.99 Å². The van der Waals surface area contributed by atoms with E-state index in [2.05, 4.69) is 4.99 Å². The quantitative estimate of drug-likeness (QED) is 0.388.